The smallest absolute Gasteiger partial charge is 0.213 e. The molecule has 0 atom stereocenters. The van der Waals surface area contributed by atoms with E-state index in [2.05, 4.69) is 14.7 Å². The van der Waals surface area contributed by atoms with E-state index < -0.39 is 0 Å². The second-order valence-corrected chi connectivity index (χ2v) is 5.29. The van der Waals surface area contributed by atoms with E-state index in [0.717, 1.165) is 11.1 Å². The molecule has 3 rings (SSSR count). The van der Waals surface area contributed by atoms with Crippen molar-refractivity contribution in [3.8, 4) is 34.5 Å². The minimum absolute atomic E-state index is 0.0354. The lowest BCUT2D eigenvalue weighted by Crippen LogP contribution is -1.91. The monoisotopic (exact) mass is 331 g/mol. The summed E-state index contributed by atoms with van der Waals surface area (Å²) in [5.74, 6) is 0. The Balaban J connectivity index is 2.30. The highest BCUT2D eigenvalue weighted by atomic mass is 14.8. The Kier molecular flexibility index (Phi) is 4.40. The van der Waals surface area contributed by atoms with Crippen molar-refractivity contribution in [1.29, 1.82) is 10.5 Å². The third-order valence-electron chi connectivity index (χ3n) is 3.87. The molecule has 0 fully saturated rings. The number of nitriles is 2. The average molecular weight is 331 g/mol. The van der Waals surface area contributed by atoms with Crippen molar-refractivity contribution in [2.45, 2.75) is 0 Å². The van der Waals surface area contributed by atoms with E-state index >= 15 is 0 Å². The quantitative estimate of drug-likeness (QED) is 0.601. The first-order chi connectivity index (χ1) is 12.7. The van der Waals surface area contributed by atoms with E-state index in [9.17, 15) is 10.5 Å². The van der Waals surface area contributed by atoms with E-state index in [1.807, 2.05) is 48.5 Å². The molecule has 5 heteroatoms. The third kappa shape index (κ3) is 2.74. The maximum absolute atomic E-state index is 9.34. The fourth-order valence-electron chi connectivity index (χ4n) is 2.67. The molecule has 0 spiro atoms. The van der Waals surface area contributed by atoms with E-state index in [0.29, 0.717) is 11.3 Å². The Bertz CT molecular complexity index is 1170. The number of hydrogen-bond donors (Lipinski definition) is 0. The van der Waals surface area contributed by atoms with E-state index in [1.165, 1.54) is 6.07 Å². The van der Waals surface area contributed by atoms with Gasteiger partial charge in [0.05, 0.1) is 42.1 Å². The van der Waals surface area contributed by atoms with Gasteiger partial charge in [0.1, 0.15) is 0 Å². The van der Waals surface area contributed by atoms with Crippen molar-refractivity contribution >= 4 is 11.4 Å². The molecule has 0 radical (unpaired) electrons. The predicted molar refractivity (Wildman–Crippen MR) is 97.1 cm³/mol. The topological polar surface area (TPSA) is 69.2 Å². The summed E-state index contributed by atoms with van der Waals surface area (Å²) in [5, 5.41) is 18.6. The Morgan fingerprint density at radius 1 is 0.846 bits per heavy atom. The zero-order chi connectivity index (χ0) is 18.5. The summed E-state index contributed by atoms with van der Waals surface area (Å²) < 4.78 is 0. The van der Waals surface area contributed by atoms with Gasteiger partial charge >= 0.3 is 0 Å². The van der Waals surface area contributed by atoms with Crippen molar-refractivity contribution in [3.05, 3.63) is 88.7 Å². The van der Waals surface area contributed by atoms with Gasteiger partial charge in [0.2, 0.25) is 11.4 Å². The second-order valence-electron chi connectivity index (χ2n) is 5.29. The lowest BCUT2D eigenvalue weighted by molar-refractivity contribution is 1.32. The Morgan fingerprint density at radius 3 is 2.19 bits per heavy atom. The van der Waals surface area contributed by atoms with Crippen molar-refractivity contribution in [1.82, 2.24) is 4.98 Å². The van der Waals surface area contributed by atoms with Crippen LogP contribution in [0.25, 0.3) is 32.1 Å². The van der Waals surface area contributed by atoms with Gasteiger partial charge < -0.3 is 0 Å². The number of nitrogens with zero attached hydrogens (tertiary/aromatic N) is 5. The Morgan fingerprint density at radius 2 is 1.58 bits per heavy atom. The van der Waals surface area contributed by atoms with Crippen LogP contribution in [0.2, 0.25) is 0 Å². The molecule has 5 nitrogen and oxygen atoms in total. The van der Waals surface area contributed by atoms with Crippen molar-refractivity contribution in [2.75, 3.05) is 0 Å². The van der Waals surface area contributed by atoms with Crippen LogP contribution in [0.1, 0.15) is 11.1 Å². The first-order valence-corrected chi connectivity index (χ1v) is 7.51. The summed E-state index contributed by atoms with van der Waals surface area (Å²) in [4.78, 5) is 11.1. The van der Waals surface area contributed by atoms with Crippen LogP contribution in [0.5, 0.6) is 0 Å². The zero-order valence-electron chi connectivity index (χ0n) is 13.4. The highest BCUT2D eigenvalue weighted by molar-refractivity contribution is 5.93. The first kappa shape index (κ1) is 16.4. The molecule has 1 aromatic heterocycles. The molecule has 0 bridgehead atoms. The van der Waals surface area contributed by atoms with Crippen LogP contribution in [0.3, 0.4) is 0 Å². The normalized spacial score (nSPS) is 9.38. The number of aromatic nitrogens is 1. The standard InChI is InChI=1S/C21H9N5/c1-24-20-17(10-16(12-22)18(13-23)21(20)25-2)19-11-15(8-9-26-19)14-6-4-3-5-7-14/h3-11H. The first-order valence-electron chi connectivity index (χ1n) is 7.51. The minimum atomic E-state index is -0.108. The molecule has 0 saturated carbocycles. The van der Waals surface area contributed by atoms with Gasteiger partial charge in [-0.1, -0.05) is 30.3 Å². The molecule has 26 heavy (non-hydrogen) atoms. The van der Waals surface area contributed by atoms with Crippen molar-refractivity contribution in [3.63, 3.8) is 0 Å². The number of rotatable bonds is 2. The summed E-state index contributed by atoms with van der Waals surface area (Å²) in [5.41, 5.74) is 2.66. The van der Waals surface area contributed by atoms with Crippen LogP contribution < -0.4 is 0 Å². The second kappa shape index (κ2) is 6.98. The maximum atomic E-state index is 9.34. The van der Waals surface area contributed by atoms with E-state index in [-0.39, 0.29) is 22.5 Å². The summed E-state index contributed by atoms with van der Waals surface area (Å²) in [7, 11) is 0. The van der Waals surface area contributed by atoms with Gasteiger partial charge in [0.15, 0.2) is 0 Å². The third-order valence-corrected chi connectivity index (χ3v) is 3.87. The molecule has 3 aromatic rings. The number of hydrogen-bond acceptors (Lipinski definition) is 3. The lowest BCUT2D eigenvalue weighted by Gasteiger charge is -2.10. The molecule has 2 aromatic carbocycles. The predicted octanol–water partition coefficient (Wildman–Crippen LogP) is 5.26. The van der Waals surface area contributed by atoms with Crippen LogP contribution in [-0.4, -0.2) is 4.98 Å². The fraction of sp³-hybridized carbons (Fsp3) is 0. The molecule has 0 aliphatic heterocycles. The van der Waals surface area contributed by atoms with Gasteiger partial charge in [0, 0.05) is 6.20 Å². The lowest BCUT2D eigenvalue weighted by atomic mass is 9.97. The van der Waals surface area contributed by atoms with Crippen molar-refractivity contribution < 1.29 is 0 Å². The van der Waals surface area contributed by atoms with Crippen LogP contribution in [-0.2, 0) is 0 Å². The van der Waals surface area contributed by atoms with E-state index in [4.69, 9.17) is 13.1 Å². The zero-order valence-corrected chi connectivity index (χ0v) is 13.4. The largest absolute Gasteiger partial charge is 0.258 e. The average Bonchev–Trinajstić information content (AvgIpc) is 2.72. The van der Waals surface area contributed by atoms with Crippen LogP contribution in [0.15, 0.2) is 54.7 Å². The van der Waals surface area contributed by atoms with Gasteiger partial charge in [-0.3, -0.25) is 4.98 Å². The van der Waals surface area contributed by atoms with Gasteiger partial charge in [-0.2, -0.15) is 10.5 Å². The molecule has 0 aliphatic rings. The fourth-order valence-corrected chi connectivity index (χ4v) is 2.67. The summed E-state index contributed by atoms with van der Waals surface area (Å²) in [6.45, 7) is 14.8. The highest BCUT2D eigenvalue weighted by Crippen LogP contribution is 2.42. The summed E-state index contributed by atoms with van der Waals surface area (Å²) in [6, 6.07) is 18.6. The molecular weight excluding hydrogens is 322 g/mol. The SMILES string of the molecule is [C-]#[N+]c1c(-c2cc(-c3ccccc3)ccn2)cc(C#N)c(C#N)c1[N+]#[C-]. The Labute approximate surface area is 150 Å². The number of pyridine rings is 1. The molecule has 0 amide bonds. The summed E-state index contributed by atoms with van der Waals surface area (Å²) >= 11 is 0. The molecule has 1 heterocycles. The number of benzene rings is 2. The molecule has 0 N–H and O–H groups in total. The summed E-state index contributed by atoms with van der Waals surface area (Å²) in [6.07, 6.45) is 1.62. The van der Waals surface area contributed by atoms with E-state index in [1.54, 1.807) is 12.3 Å². The van der Waals surface area contributed by atoms with Gasteiger partial charge in [-0.05, 0) is 34.9 Å². The molecule has 0 aliphatic carbocycles. The highest BCUT2D eigenvalue weighted by Gasteiger charge is 2.20. The van der Waals surface area contributed by atoms with Gasteiger partial charge in [0.25, 0.3) is 0 Å². The van der Waals surface area contributed by atoms with Gasteiger partial charge in [-0.25, -0.2) is 9.69 Å². The maximum Gasteiger partial charge on any atom is 0.213 e. The van der Waals surface area contributed by atoms with Crippen LogP contribution >= 0.6 is 0 Å². The molecule has 0 unspecified atom stereocenters. The van der Waals surface area contributed by atoms with Crippen molar-refractivity contribution in [2.24, 2.45) is 0 Å². The Hall–Kier alpha value is -4.45. The minimum Gasteiger partial charge on any atom is -0.258 e. The molecule has 0 saturated heterocycles. The van der Waals surface area contributed by atoms with Crippen LogP contribution in [0, 0.1) is 35.8 Å². The molecule has 118 valence electrons. The molecular formula is C21H9N5. The van der Waals surface area contributed by atoms with Crippen LogP contribution in [0.4, 0.5) is 11.4 Å². The van der Waals surface area contributed by atoms with Gasteiger partial charge in [-0.15, -0.1) is 0 Å².